The summed E-state index contributed by atoms with van der Waals surface area (Å²) >= 11 is 0. The SMILES string of the molecule is COc1ccc(CCC(=O)N(C)Cc2ccccc2)c(Nc2nc3ccc(N(C)C)c(C)c3c(=O)o2)c1. The molecule has 8 nitrogen and oxygen atoms in total. The lowest BCUT2D eigenvalue weighted by Gasteiger charge is -2.18. The van der Waals surface area contributed by atoms with Gasteiger partial charge in [-0.25, -0.2) is 4.79 Å². The van der Waals surface area contributed by atoms with Gasteiger partial charge in [-0.05, 0) is 48.2 Å². The number of aryl methyl sites for hydroxylation is 2. The predicted molar refractivity (Wildman–Crippen MR) is 147 cm³/mol. The second-order valence-corrected chi connectivity index (χ2v) is 9.19. The van der Waals surface area contributed by atoms with Gasteiger partial charge in [-0.1, -0.05) is 36.4 Å². The second kappa shape index (κ2) is 11.2. The summed E-state index contributed by atoms with van der Waals surface area (Å²) in [5, 5.41) is 3.59. The van der Waals surface area contributed by atoms with Crippen LogP contribution in [0.15, 0.2) is 69.9 Å². The van der Waals surface area contributed by atoms with E-state index >= 15 is 0 Å². The van der Waals surface area contributed by atoms with Crippen LogP contribution in [0.25, 0.3) is 10.9 Å². The van der Waals surface area contributed by atoms with Gasteiger partial charge >= 0.3 is 11.6 Å². The van der Waals surface area contributed by atoms with Crippen LogP contribution in [0, 0.1) is 6.92 Å². The topological polar surface area (TPSA) is 87.9 Å². The van der Waals surface area contributed by atoms with E-state index in [0.717, 1.165) is 22.4 Å². The highest BCUT2D eigenvalue weighted by Crippen LogP contribution is 2.29. The van der Waals surface area contributed by atoms with Gasteiger partial charge in [0, 0.05) is 51.5 Å². The van der Waals surface area contributed by atoms with Gasteiger partial charge in [0.05, 0.1) is 18.0 Å². The Labute approximate surface area is 216 Å². The largest absolute Gasteiger partial charge is 0.497 e. The molecule has 1 heterocycles. The van der Waals surface area contributed by atoms with E-state index < -0.39 is 5.63 Å². The van der Waals surface area contributed by atoms with E-state index in [4.69, 9.17) is 9.15 Å². The van der Waals surface area contributed by atoms with E-state index in [0.29, 0.717) is 41.7 Å². The van der Waals surface area contributed by atoms with Crippen LogP contribution in [-0.4, -0.2) is 44.0 Å². The Morgan fingerprint density at radius 3 is 2.51 bits per heavy atom. The number of amides is 1. The molecule has 0 unspecified atom stereocenters. The van der Waals surface area contributed by atoms with Crippen molar-refractivity contribution in [2.24, 2.45) is 0 Å². The van der Waals surface area contributed by atoms with E-state index in [1.807, 2.05) is 80.5 Å². The molecule has 37 heavy (non-hydrogen) atoms. The molecule has 0 radical (unpaired) electrons. The fourth-order valence-corrected chi connectivity index (χ4v) is 4.36. The molecular formula is C29H32N4O4. The van der Waals surface area contributed by atoms with Crippen molar-refractivity contribution in [2.75, 3.05) is 38.5 Å². The highest BCUT2D eigenvalue weighted by molar-refractivity contribution is 5.87. The van der Waals surface area contributed by atoms with Crippen LogP contribution >= 0.6 is 0 Å². The van der Waals surface area contributed by atoms with Crippen molar-refractivity contribution in [1.29, 1.82) is 0 Å². The van der Waals surface area contributed by atoms with Crippen molar-refractivity contribution < 1.29 is 13.9 Å². The lowest BCUT2D eigenvalue weighted by atomic mass is 10.1. The molecule has 1 amide bonds. The van der Waals surface area contributed by atoms with Crippen LogP contribution in [-0.2, 0) is 17.8 Å². The Morgan fingerprint density at radius 1 is 1.05 bits per heavy atom. The Morgan fingerprint density at radius 2 is 1.81 bits per heavy atom. The average molecular weight is 501 g/mol. The summed E-state index contributed by atoms with van der Waals surface area (Å²) in [7, 11) is 7.24. The molecule has 1 aromatic heterocycles. The highest BCUT2D eigenvalue weighted by atomic mass is 16.5. The van der Waals surface area contributed by atoms with Crippen molar-refractivity contribution in [3.05, 3.63) is 87.8 Å². The van der Waals surface area contributed by atoms with Gasteiger partial charge in [-0.15, -0.1) is 0 Å². The quantitative estimate of drug-likeness (QED) is 0.350. The van der Waals surface area contributed by atoms with Gasteiger partial charge in [0.2, 0.25) is 5.91 Å². The summed E-state index contributed by atoms with van der Waals surface area (Å²) in [5.74, 6) is 0.668. The van der Waals surface area contributed by atoms with Gasteiger partial charge < -0.3 is 24.3 Å². The summed E-state index contributed by atoms with van der Waals surface area (Å²) in [6.45, 7) is 2.43. The number of benzene rings is 3. The van der Waals surface area contributed by atoms with E-state index in [-0.39, 0.29) is 11.9 Å². The zero-order valence-electron chi connectivity index (χ0n) is 21.9. The Balaban J connectivity index is 1.56. The molecule has 4 aromatic rings. The number of carbonyl (C=O) groups excluding carboxylic acids is 1. The third-order valence-electron chi connectivity index (χ3n) is 6.37. The number of nitrogens with zero attached hydrogens (tertiary/aromatic N) is 3. The number of carbonyl (C=O) groups is 1. The first-order valence-electron chi connectivity index (χ1n) is 12.1. The van der Waals surface area contributed by atoms with E-state index in [1.165, 1.54) is 0 Å². The lowest BCUT2D eigenvalue weighted by molar-refractivity contribution is -0.130. The number of hydrogen-bond donors (Lipinski definition) is 1. The predicted octanol–water partition coefficient (Wildman–Crippen LogP) is 4.91. The summed E-state index contributed by atoms with van der Waals surface area (Å²) in [6.07, 6.45) is 0.819. The molecule has 3 aromatic carbocycles. The maximum atomic E-state index is 12.9. The number of methoxy groups -OCH3 is 1. The van der Waals surface area contributed by atoms with Crippen molar-refractivity contribution in [1.82, 2.24) is 9.88 Å². The first-order chi connectivity index (χ1) is 17.8. The maximum absolute atomic E-state index is 12.9. The minimum Gasteiger partial charge on any atom is -0.497 e. The van der Waals surface area contributed by atoms with Crippen molar-refractivity contribution in [3.8, 4) is 5.75 Å². The minimum atomic E-state index is -0.462. The fourth-order valence-electron chi connectivity index (χ4n) is 4.36. The Kier molecular flexibility index (Phi) is 7.77. The van der Waals surface area contributed by atoms with Crippen molar-refractivity contribution in [2.45, 2.75) is 26.3 Å². The van der Waals surface area contributed by atoms with Crippen LogP contribution in [0.4, 0.5) is 17.4 Å². The molecule has 4 rings (SSSR count). The summed E-state index contributed by atoms with van der Waals surface area (Å²) in [4.78, 5) is 33.9. The van der Waals surface area contributed by atoms with Crippen molar-refractivity contribution >= 4 is 34.2 Å². The molecule has 1 N–H and O–H groups in total. The molecule has 0 atom stereocenters. The Bertz CT molecular complexity index is 1460. The second-order valence-electron chi connectivity index (χ2n) is 9.19. The third-order valence-corrected chi connectivity index (χ3v) is 6.37. The smallest absolute Gasteiger partial charge is 0.348 e. The van der Waals surface area contributed by atoms with Crippen LogP contribution in [0.3, 0.4) is 0 Å². The van der Waals surface area contributed by atoms with Gasteiger partial charge in [0.1, 0.15) is 5.75 Å². The monoisotopic (exact) mass is 500 g/mol. The van der Waals surface area contributed by atoms with Crippen LogP contribution in [0.5, 0.6) is 5.75 Å². The normalized spacial score (nSPS) is 10.8. The number of ether oxygens (including phenoxy) is 1. The molecule has 0 aliphatic rings. The average Bonchev–Trinajstić information content (AvgIpc) is 2.88. The van der Waals surface area contributed by atoms with Gasteiger partial charge in [-0.3, -0.25) is 4.79 Å². The fraction of sp³-hybridized carbons (Fsp3) is 0.276. The van der Waals surface area contributed by atoms with Crippen LogP contribution < -0.4 is 20.6 Å². The molecule has 0 spiro atoms. The number of anilines is 3. The summed E-state index contributed by atoms with van der Waals surface area (Å²) in [5.41, 5.74) is 4.45. The molecule has 0 aliphatic heterocycles. The van der Waals surface area contributed by atoms with Crippen LogP contribution in [0.1, 0.15) is 23.1 Å². The standard InChI is InChI=1S/C29H32N4O4/c1-19-25(32(2)3)15-14-23-27(19)28(35)37-29(30-23)31-24-17-22(36-5)13-11-21(24)12-16-26(34)33(4)18-20-9-7-6-8-10-20/h6-11,13-15,17H,12,16,18H2,1-5H3,(H,30,31). The number of nitrogens with one attached hydrogen (secondary N) is 1. The molecule has 0 saturated heterocycles. The zero-order valence-corrected chi connectivity index (χ0v) is 21.9. The Hall–Kier alpha value is -4.33. The molecule has 0 aliphatic carbocycles. The van der Waals surface area contributed by atoms with Gasteiger partial charge in [0.15, 0.2) is 0 Å². The van der Waals surface area contributed by atoms with E-state index in [9.17, 15) is 9.59 Å². The highest BCUT2D eigenvalue weighted by Gasteiger charge is 2.16. The first kappa shape index (κ1) is 25.8. The third kappa shape index (κ3) is 5.91. The number of rotatable bonds is 9. The van der Waals surface area contributed by atoms with Crippen LogP contribution in [0.2, 0.25) is 0 Å². The number of fused-ring (bicyclic) bond motifs is 1. The molecule has 0 saturated carbocycles. The van der Waals surface area contributed by atoms with E-state index in [2.05, 4.69) is 10.3 Å². The molecule has 0 fully saturated rings. The zero-order chi connectivity index (χ0) is 26.5. The molecule has 192 valence electrons. The lowest BCUT2D eigenvalue weighted by Crippen LogP contribution is -2.26. The molecule has 8 heteroatoms. The van der Waals surface area contributed by atoms with E-state index in [1.54, 1.807) is 25.1 Å². The number of hydrogen-bond acceptors (Lipinski definition) is 7. The number of aromatic nitrogens is 1. The maximum Gasteiger partial charge on any atom is 0.348 e. The summed E-state index contributed by atoms with van der Waals surface area (Å²) < 4.78 is 10.9. The van der Waals surface area contributed by atoms with Gasteiger partial charge in [0.25, 0.3) is 0 Å². The molecular weight excluding hydrogens is 468 g/mol. The summed E-state index contributed by atoms with van der Waals surface area (Å²) in [6, 6.07) is 19.3. The van der Waals surface area contributed by atoms with Gasteiger partial charge in [-0.2, -0.15) is 4.98 Å². The molecule has 0 bridgehead atoms. The minimum absolute atomic E-state index is 0.0353. The first-order valence-corrected chi connectivity index (χ1v) is 12.1. The van der Waals surface area contributed by atoms with Crippen molar-refractivity contribution in [3.63, 3.8) is 0 Å².